The Morgan fingerprint density at radius 3 is 3.00 bits per heavy atom. The highest BCUT2D eigenvalue weighted by Crippen LogP contribution is 2.05. The zero-order valence-corrected chi connectivity index (χ0v) is 9.36. The SMILES string of the molecule is CN1CCO[C@H](CN[C@H]2CC(=O)NC2=O)C1. The molecule has 2 saturated heterocycles. The Kier molecular flexibility index (Phi) is 3.52. The molecule has 0 spiro atoms. The van der Waals surface area contributed by atoms with Crippen LogP contribution in [0.25, 0.3) is 0 Å². The number of hydrogen-bond acceptors (Lipinski definition) is 5. The quantitative estimate of drug-likeness (QED) is 0.564. The smallest absolute Gasteiger partial charge is 0.244 e. The molecule has 2 rings (SSSR count). The van der Waals surface area contributed by atoms with Crippen LogP contribution in [0, 0.1) is 0 Å². The van der Waals surface area contributed by atoms with Gasteiger partial charge in [-0.25, -0.2) is 0 Å². The molecule has 2 atom stereocenters. The molecule has 16 heavy (non-hydrogen) atoms. The van der Waals surface area contributed by atoms with E-state index in [2.05, 4.69) is 15.5 Å². The molecule has 0 saturated carbocycles. The van der Waals surface area contributed by atoms with Gasteiger partial charge in [0.15, 0.2) is 0 Å². The summed E-state index contributed by atoms with van der Waals surface area (Å²) in [6.07, 6.45) is 0.337. The lowest BCUT2D eigenvalue weighted by molar-refractivity contribution is -0.125. The first-order valence-electron chi connectivity index (χ1n) is 5.52. The van der Waals surface area contributed by atoms with Crippen LogP contribution in [-0.4, -0.2) is 62.1 Å². The predicted octanol–water partition coefficient (Wildman–Crippen LogP) is -1.68. The molecule has 0 aromatic carbocycles. The second kappa shape index (κ2) is 4.90. The molecule has 2 heterocycles. The second-order valence-corrected chi connectivity index (χ2v) is 4.33. The summed E-state index contributed by atoms with van der Waals surface area (Å²) in [5.41, 5.74) is 0. The maximum absolute atomic E-state index is 11.3. The van der Waals surface area contributed by atoms with Crippen LogP contribution in [0.5, 0.6) is 0 Å². The number of rotatable bonds is 3. The van der Waals surface area contributed by atoms with Crippen molar-refractivity contribution in [2.45, 2.75) is 18.6 Å². The molecular weight excluding hydrogens is 210 g/mol. The Hall–Kier alpha value is -0.980. The van der Waals surface area contributed by atoms with Gasteiger partial charge in [-0.3, -0.25) is 14.9 Å². The van der Waals surface area contributed by atoms with Crippen LogP contribution in [-0.2, 0) is 14.3 Å². The minimum absolute atomic E-state index is 0.0993. The minimum atomic E-state index is -0.386. The molecule has 2 aliphatic heterocycles. The minimum Gasteiger partial charge on any atom is -0.374 e. The van der Waals surface area contributed by atoms with E-state index in [0.29, 0.717) is 6.54 Å². The molecule has 0 aliphatic carbocycles. The molecule has 0 bridgehead atoms. The molecule has 2 N–H and O–H groups in total. The van der Waals surface area contributed by atoms with Crippen LogP contribution in [0.2, 0.25) is 0 Å². The topological polar surface area (TPSA) is 70.7 Å². The Balaban J connectivity index is 1.74. The summed E-state index contributed by atoms with van der Waals surface area (Å²) in [6, 6.07) is -0.386. The van der Waals surface area contributed by atoms with Crippen LogP contribution >= 0.6 is 0 Å². The molecule has 0 unspecified atom stereocenters. The predicted molar refractivity (Wildman–Crippen MR) is 56.8 cm³/mol. The van der Waals surface area contributed by atoms with Crippen molar-refractivity contribution < 1.29 is 14.3 Å². The summed E-state index contributed by atoms with van der Waals surface area (Å²) in [7, 11) is 2.04. The maximum atomic E-state index is 11.3. The van der Waals surface area contributed by atoms with Gasteiger partial charge in [0.2, 0.25) is 11.8 Å². The number of imide groups is 1. The third-order valence-electron chi connectivity index (χ3n) is 2.90. The molecule has 90 valence electrons. The van der Waals surface area contributed by atoms with Crippen LogP contribution < -0.4 is 10.6 Å². The standard InChI is InChI=1S/C10H17N3O3/c1-13-2-3-16-7(6-13)5-11-8-4-9(14)12-10(8)15/h7-8,11H,2-6H2,1H3,(H,12,14,15)/t7-,8+/m1/s1. The molecular formula is C10H17N3O3. The van der Waals surface area contributed by atoms with E-state index in [-0.39, 0.29) is 30.4 Å². The van der Waals surface area contributed by atoms with Gasteiger partial charge in [-0.05, 0) is 7.05 Å². The number of likely N-dealkylation sites (N-methyl/N-ethyl adjacent to an activating group) is 1. The summed E-state index contributed by atoms with van der Waals surface area (Å²) in [4.78, 5) is 24.4. The van der Waals surface area contributed by atoms with Gasteiger partial charge in [-0.2, -0.15) is 0 Å². The van der Waals surface area contributed by atoms with E-state index in [0.717, 1.165) is 19.7 Å². The number of nitrogens with one attached hydrogen (secondary N) is 2. The summed E-state index contributed by atoms with van der Waals surface area (Å²) in [6.45, 7) is 3.13. The molecule has 0 radical (unpaired) electrons. The average molecular weight is 227 g/mol. The zero-order valence-electron chi connectivity index (χ0n) is 9.36. The van der Waals surface area contributed by atoms with E-state index < -0.39 is 0 Å². The van der Waals surface area contributed by atoms with Gasteiger partial charge >= 0.3 is 0 Å². The third kappa shape index (κ3) is 2.78. The Bertz CT molecular complexity index is 295. The van der Waals surface area contributed by atoms with E-state index >= 15 is 0 Å². The third-order valence-corrected chi connectivity index (χ3v) is 2.90. The van der Waals surface area contributed by atoms with E-state index in [1.54, 1.807) is 0 Å². The van der Waals surface area contributed by atoms with Crippen molar-refractivity contribution in [2.75, 3.05) is 33.3 Å². The van der Waals surface area contributed by atoms with Crippen molar-refractivity contribution in [3.05, 3.63) is 0 Å². The van der Waals surface area contributed by atoms with Crippen molar-refractivity contribution in [2.24, 2.45) is 0 Å². The van der Waals surface area contributed by atoms with Gasteiger partial charge in [0, 0.05) is 19.6 Å². The van der Waals surface area contributed by atoms with Gasteiger partial charge in [-0.15, -0.1) is 0 Å². The van der Waals surface area contributed by atoms with Crippen LogP contribution in [0.3, 0.4) is 0 Å². The lowest BCUT2D eigenvalue weighted by atomic mass is 10.2. The highest BCUT2D eigenvalue weighted by atomic mass is 16.5. The normalized spacial score (nSPS) is 31.8. The van der Waals surface area contributed by atoms with E-state index in [4.69, 9.17) is 4.74 Å². The summed E-state index contributed by atoms with van der Waals surface area (Å²) in [5.74, 6) is -0.432. The monoisotopic (exact) mass is 227 g/mol. The fourth-order valence-electron chi connectivity index (χ4n) is 1.98. The van der Waals surface area contributed by atoms with Gasteiger partial charge in [-0.1, -0.05) is 0 Å². The number of ether oxygens (including phenoxy) is 1. The van der Waals surface area contributed by atoms with Gasteiger partial charge < -0.3 is 15.0 Å². The Morgan fingerprint density at radius 2 is 2.38 bits per heavy atom. The lowest BCUT2D eigenvalue weighted by Crippen LogP contribution is -2.48. The number of carbonyl (C=O) groups is 2. The molecule has 0 aromatic rings. The molecule has 6 heteroatoms. The maximum Gasteiger partial charge on any atom is 0.244 e. The summed E-state index contributed by atoms with van der Waals surface area (Å²) >= 11 is 0. The Labute approximate surface area is 94.3 Å². The van der Waals surface area contributed by atoms with Gasteiger partial charge in [0.05, 0.1) is 25.2 Å². The number of amides is 2. The summed E-state index contributed by atoms with van der Waals surface area (Å²) < 4.78 is 5.55. The van der Waals surface area contributed by atoms with Crippen molar-refractivity contribution >= 4 is 11.8 Å². The van der Waals surface area contributed by atoms with Crippen LogP contribution in [0.4, 0.5) is 0 Å². The zero-order chi connectivity index (χ0) is 11.5. The first-order chi connectivity index (χ1) is 7.65. The highest BCUT2D eigenvalue weighted by Gasteiger charge is 2.30. The number of carbonyl (C=O) groups excluding carboxylic acids is 2. The van der Waals surface area contributed by atoms with Crippen LogP contribution in [0.1, 0.15) is 6.42 Å². The van der Waals surface area contributed by atoms with E-state index in [1.807, 2.05) is 7.05 Å². The number of morpholine rings is 1. The fraction of sp³-hybridized carbons (Fsp3) is 0.800. The van der Waals surface area contributed by atoms with Crippen molar-refractivity contribution in [1.29, 1.82) is 0 Å². The highest BCUT2D eigenvalue weighted by molar-refractivity contribution is 6.05. The first kappa shape index (κ1) is 11.5. The number of nitrogens with zero attached hydrogens (tertiary/aromatic N) is 1. The molecule has 2 aliphatic rings. The van der Waals surface area contributed by atoms with Crippen molar-refractivity contribution in [1.82, 2.24) is 15.5 Å². The lowest BCUT2D eigenvalue weighted by Gasteiger charge is -2.30. The van der Waals surface area contributed by atoms with E-state index in [1.165, 1.54) is 0 Å². The average Bonchev–Trinajstić information content (AvgIpc) is 2.54. The second-order valence-electron chi connectivity index (χ2n) is 4.33. The van der Waals surface area contributed by atoms with Crippen molar-refractivity contribution in [3.63, 3.8) is 0 Å². The Morgan fingerprint density at radius 1 is 1.56 bits per heavy atom. The fourth-order valence-corrected chi connectivity index (χ4v) is 1.98. The number of hydrogen-bond donors (Lipinski definition) is 2. The van der Waals surface area contributed by atoms with Gasteiger partial charge in [0.1, 0.15) is 0 Å². The first-order valence-corrected chi connectivity index (χ1v) is 5.52. The molecule has 2 amide bonds. The van der Waals surface area contributed by atoms with Gasteiger partial charge in [0.25, 0.3) is 0 Å². The molecule has 0 aromatic heterocycles. The molecule has 2 fully saturated rings. The molecule has 6 nitrogen and oxygen atoms in total. The largest absolute Gasteiger partial charge is 0.374 e. The summed E-state index contributed by atoms with van der Waals surface area (Å²) in [5, 5.41) is 5.34. The van der Waals surface area contributed by atoms with Crippen molar-refractivity contribution in [3.8, 4) is 0 Å². The van der Waals surface area contributed by atoms with Crippen LogP contribution in [0.15, 0.2) is 0 Å². The van der Waals surface area contributed by atoms with E-state index in [9.17, 15) is 9.59 Å².